The van der Waals surface area contributed by atoms with Crippen LogP contribution in [0.25, 0.3) is 5.69 Å². The van der Waals surface area contributed by atoms with Gasteiger partial charge in [0.05, 0.1) is 16.4 Å². The summed E-state index contributed by atoms with van der Waals surface area (Å²) in [7, 11) is 1.75. The molecule has 1 heterocycles. The average molecular weight is 303 g/mol. The molecular formula is C10H9BrF2N4. The summed E-state index contributed by atoms with van der Waals surface area (Å²) in [5.74, 6) is -1.12. The van der Waals surface area contributed by atoms with Crippen LogP contribution < -0.4 is 5.32 Å². The van der Waals surface area contributed by atoms with Crippen molar-refractivity contribution in [1.29, 1.82) is 0 Å². The zero-order valence-corrected chi connectivity index (χ0v) is 10.5. The van der Waals surface area contributed by atoms with Crippen molar-refractivity contribution >= 4 is 15.9 Å². The van der Waals surface area contributed by atoms with Gasteiger partial charge in [-0.15, -0.1) is 5.10 Å². The predicted molar refractivity (Wildman–Crippen MR) is 61.7 cm³/mol. The van der Waals surface area contributed by atoms with Gasteiger partial charge in [0.2, 0.25) is 0 Å². The monoisotopic (exact) mass is 302 g/mol. The van der Waals surface area contributed by atoms with E-state index in [-0.39, 0.29) is 10.2 Å². The topological polar surface area (TPSA) is 42.7 Å². The minimum atomic E-state index is -0.568. The zero-order valence-electron chi connectivity index (χ0n) is 8.91. The molecule has 2 rings (SSSR count). The van der Waals surface area contributed by atoms with Crippen LogP contribution in [-0.4, -0.2) is 22.0 Å². The third-order valence-corrected chi connectivity index (χ3v) is 2.80. The number of nitrogens with one attached hydrogen (secondary N) is 1. The Morgan fingerprint density at radius 3 is 2.82 bits per heavy atom. The third kappa shape index (κ3) is 2.34. The summed E-state index contributed by atoms with van der Waals surface area (Å²) >= 11 is 2.92. The fraction of sp³-hybridized carbons (Fsp3) is 0.200. The number of aromatic nitrogens is 3. The highest BCUT2D eigenvalue weighted by atomic mass is 79.9. The Morgan fingerprint density at radius 2 is 2.12 bits per heavy atom. The van der Waals surface area contributed by atoms with Gasteiger partial charge >= 0.3 is 0 Å². The summed E-state index contributed by atoms with van der Waals surface area (Å²) in [6, 6.07) is 2.14. The molecule has 1 aromatic carbocycles. The standard InChI is InChI=1S/C10H9BrF2N4/c1-14-4-6-5-15-16-17(6)10-3-8(12)7(11)2-9(10)13/h2-3,5,14H,4H2,1H3. The molecule has 0 spiro atoms. The Balaban J connectivity index is 2.52. The van der Waals surface area contributed by atoms with Gasteiger partial charge in [0.15, 0.2) is 0 Å². The lowest BCUT2D eigenvalue weighted by Gasteiger charge is -2.07. The van der Waals surface area contributed by atoms with Crippen LogP contribution >= 0.6 is 15.9 Å². The van der Waals surface area contributed by atoms with E-state index in [1.807, 2.05) is 0 Å². The van der Waals surface area contributed by atoms with Gasteiger partial charge in [-0.25, -0.2) is 13.5 Å². The van der Waals surface area contributed by atoms with Gasteiger partial charge in [-0.05, 0) is 29.0 Å². The van der Waals surface area contributed by atoms with Crippen molar-refractivity contribution in [2.75, 3.05) is 7.05 Å². The first kappa shape index (κ1) is 12.1. The second kappa shape index (κ2) is 4.89. The Labute approximate surface area is 105 Å². The smallest absolute Gasteiger partial charge is 0.150 e. The highest BCUT2D eigenvalue weighted by molar-refractivity contribution is 9.10. The second-order valence-corrected chi connectivity index (χ2v) is 4.24. The molecule has 2 aromatic rings. The van der Waals surface area contributed by atoms with E-state index in [1.54, 1.807) is 7.05 Å². The minimum Gasteiger partial charge on any atom is -0.314 e. The number of benzene rings is 1. The number of hydrogen-bond donors (Lipinski definition) is 1. The quantitative estimate of drug-likeness (QED) is 0.882. The first-order chi connectivity index (χ1) is 8.13. The highest BCUT2D eigenvalue weighted by Gasteiger charge is 2.13. The van der Waals surface area contributed by atoms with Gasteiger partial charge in [-0.2, -0.15) is 0 Å². The fourth-order valence-electron chi connectivity index (χ4n) is 1.44. The molecule has 0 unspecified atom stereocenters. The van der Waals surface area contributed by atoms with Gasteiger partial charge < -0.3 is 5.32 Å². The van der Waals surface area contributed by atoms with Crippen molar-refractivity contribution in [1.82, 2.24) is 20.3 Å². The Morgan fingerprint density at radius 1 is 1.35 bits per heavy atom. The Kier molecular flexibility index (Phi) is 3.49. The van der Waals surface area contributed by atoms with Gasteiger partial charge in [0, 0.05) is 12.6 Å². The molecule has 0 amide bonds. The number of hydrogen-bond acceptors (Lipinski definition) is 3. The van der Waals surface area contributed by atoms with Crippen LogP contribution in [0.15, 0.2) is 22.8 Å². The van der Waals surface area contributed by atoms with Crippen LogP contribution in [-0.2, 0) is 6.54 Å². The fourth-order valence-corrected chi connectivity index (χ4v) is 1.75. The molecule has 7 heteroatoms. The van der Waals surface area contributed by atoms with Crippen molar-refractivity contribution in [2.24, 2.45) is 0 Å². The average Bonchev–Trinajstić information content (AvgIpc) is 2.72. The number of halogens is 3. The first-order valence-corrected chi connectivity index (χ1v) is 5.62. The van der Waals surface area contributed by atoms with Crippen LogP contribution in [0, 0.1) is 11.6 Å². The lowest BCUT2D eigenvalue weighted by molar-refractivity contribution is 0.574. The largest absolute Gasteiger partial charge is 0.314 e. The Bertz CT molecular complexity index is 541. The summed E-state index contributed by atoms with van der Waals surface area (Å²) in [5.41, 5.74) is 0.682. The molecule has 90 valence electrons. The summed E-state index contributed by atoms with van der Waals surface area (Å²) in [6.07, 6.45) is 1.50. The molecule has 1 aromatic heterocycles. The summed E-state index contributed by atoms with van der Waals surface area (Å²) in [5, 5.41) is 10.3. The van der Waals surface area contributed by atoms with Crippen molar-refractivity contribution in [2.45, 2.75) is 6.54 Å². The van der Waals surface area contributed by atoms with Crippen LogP contribution in [0.2, 0.25) is 0 Å². The van der Waals surface area contributed by atoms with E-state index in [0.717, 1.165) is 12.1 Å². The third-order valence-electron chi connectivity index (χ3n) is 2.20. The molecule has 0 bridgehead atoms. The molecule has 0 saturated heterocycles. The van der Waals surface area contributed by atoms with Crippen LogP contribution in [0.1, 0.15) is 5.69 Å². The molecule has 0 saturated carbocycles. The maximum Gasteiger partial charge on any atom is 0.150 e. The minimum absolute atomic E-state index is 0.0356. The maximum absolute atomic E-state index is 13.7. The van der Waals surface area contributed by atoms with Gasteiger partial charge in [-0.1, -0.05) is 5.21 Å². The number of nitrogens with zero attached hydrogens (tertiary/aromatic N) is 3. The normalized spacial score (nSPS) is 10.8. The van der Waals surface area contributed by atoms with Crippen molar-refractivity contribution in [3.63, 3.8) is 0 Å². The van der Waals surface area contributed by atoms with E-state index in [0.29, 0.717) is 12.2 Å². The van der Waals surface area contributed by atoms with E-state index in [4.69, 9.17) is 0 Å². The molecule has 0 atom stereocenters. The lowest BCUT2D eigenvalue weighted by Crippen LogP contribution is -2.12. The first-order valence-electron chi connectivity index (χ1n) is 4.82. The lowest BCUT2D eigenvalue weighted by atomic mass is 10.3. The SMILES string of the molecule is CNCc1cnnn1-c1cc(F)c(Br)cc1F. The molecule has 0 radical (unpaired) electrons. The van der Waals surface area contributed by atoms with Crippen LogP contribution in [0.3, 0.4) is 0 Å². The van der Waals surface area contributed by atoms with E-state index in [1.165, 1.54) is 10.9 Å². The summed E-state index contributed by atoms with van der Waals surface area (Å²) in [4.78, 5) is 0. The van der Waals surface area contributed by atoms with E-state index < -0.39 is 11.6 Å². The molecule has 1 N–H and O–H groups in total. The molecule has 4 nitrogen and oxygen atoms in total. The van der Waals surface area contributed by atoms with E-state index in [2.05, 4.69) is 31.6 Å². The van der Waals surface area contributed by atoms with Gasteiger partial charge in [0.25, 0.3) is 0 Å². The van der Waals surface area contributed by atoms with Crippen molar-refractivity contribution in [3.05, 3.63) is 40.1 Å². The number of rotatable bonds is 3. The van der Waals surface area contributed by atoms with Crippen LogP contribution in [0.4, 0.5) is 8.78 Å². The predicted octanol–water partition coefficient (Wildman–Crippen LogP) is 2.03. The van der Waals surface area contributed by atoms with Crippen molar-refractivity contribution in [3.8, 4) is 5.69 Å². The molecule has 0 aliphatic carbocycles. The summed E-state index contributed by atoms with van der Waals surface area (Å²) in [6.45, 7) is 0.462. The van der Waals surface area contributed by atoms with Crippen molar-refractivity contribution < 1.29 is 8.78 Å². The molecule has 0 aliphatic heterocycles. The highest BCUT2D eigenvalue weighted by Crippen LogP contribution is 2.22. The molecule has 0 aliphatic rings. The van der Waals surface area contributed by atoms with Gasteiger partial charge in [-0.3, -0.25) is 0 Å². The van der Waals surface area contributed by atoms with Gasteiger partial charge in [0.1, 0.15) is 17.3 Å². The van der Waals surface area contributed by atoms with E-state index >= 15 is 0 Å². The second-order valence-electron chi connectivity index (χ2n) is 3.39. The van der Waals surface area contributed by atoms with E-state index in [9.17, 15) is 8.78 Å². The Hall–Kier alpha value is -1.34. The molecular weight excluding hydrogens is 294 g/mol. The molecule has 17 heavy (non-hydrogen) atoms. The van der Waals surface area contributed by atoms with Crippen LogP contribution in [0.5, 0.6) is 0 Å². The molecule has 0 fully saturated rings. The zero-order chi connectivity index (χ0) is 12.4. The maximum atomic E-state index is 13.7. The summed E-state index contributed by atoms with van der Waals surface area (Å²) < 4.78 is 28.4.